The maximum absolute atomic E-state index is 14.0. The van der Waals surface area contributed by atoms with Gasteiger partial charge in [-0.1, -0.05) is 6.07 Å². The molecule has 1 N–H and O–H groups in total. The second-order valence-electron chi connectivity index (χ2n) is 5.86. The second-order valence-corrected chi connectivity index (χ2v) is 6.92. The number of aryl methyl sites for hydroxylation is 1. The normalized spacial score (nSPS) is 10.6. The average Bonchev–Trinajstić information content (AvgIpc) is 3.04. The fraction of sp³-hybridized carbons (Fsp3) is 0.200. The summed E-state index contributed by atoms with van der Waals surface area (Å²) in [6.45, 7) is 1.19. The molecule has 0 spiro atoms. The smallest absolute Gasteiger partial charge is 0.349 e. The topological polar surface area (TPSA) is 73.9 Å². The number of hydrogen-bond acceptors (Lipinski definition) is 6. The van der Waals surface area contributed by atoms with Crippen LogP contribution < -0.4 is 14.8 Å². The zero-order chi connectivity index (χ0) is 20.3. The Kier molecular flexibility index (Phi) is 5.79. The van der Waals surface area contributed by atoms with Gasteiger partial charge in [0, 0.05) is 21.8 Å². The summed E-state index contributed by atoms with van der Waals surface area (Å²) in [6.07, 6.45) is 0. The van der Waals surface area contributed by atoms with Crippen molar-refractivity contribution in [2.75, 3.05) is 26.1 Å². The summed E-state index contributed by atoms with van der Waals surface area (Å²) in [6, 6.07) is 9.54. The van der Waals surface area contributed by atoms with Crippen LogP contribution in [-0.2, 0) is 9.53 Å². The molecule has 0 fully saturated rings. The number of amides is 1. The van der Waals surface area contributed by atoms with Gasteiger partial charge in [0.1, 0.15) is 10.7 Å². The van der Waals surface area contributed by atoms with Crippen LogP contribution in [0.3, 0.4) is 0 Å². The Morgan fingerprint density at radius 3 is 2.54 bits per heavy atom. The number of nitrogens with one attached hydrogen (secondary N) is 1. The number of anilines is 1. The van der Waals surface area contributed by atoms with Crippen LogP contribution in [0.4, 0.5) is 10.1 Å². The molecule has 0 saturated heterocycles. The lowest BCUT2D eigenvalue weighted by Gasteiger charge is -2.10. The molecule has 0 unspecified atom stereocenters. The van der Waals surface area contributed by atoms with Crippen molar-refractivity contribution >= 4 is 39.0 Å². The lowest BCUT2D eigenvalue weighted by molar-refractivity contribution is -0.119. The molecule has 0 saturated carbocycles. The van der Waals surface area contributed by atoms with Crippen LogP contribution in [0.15, 0.2) is 36.4 Å². The summed E-state index contributed by atoms with van der Waals surface area (Å²) < 4.78 is 30.0. The van der Waals surface area contributed by atoms with E-state index in [1.54, 1.807) is 37.3 Å². The van der Waals surface area contributed by atoms with Crippen molar-refractivity contribution in [3.8, 4) is 11.5 Å². The minimum atomic E-state index is -0.666. The molecule has 3 aromatic rings. The lowest BCUT2D eigenvalue weighted by Crippen LogP contribution is -2.20. The first-order chi connectivity index (χ1) is 13.4. The number of hydrogen-bond donors (Lipinski definition) is 1. The van der Waals surface area contributed by atoms with E-state index in [4.69, 9.17) is 14.2 Å². The van der Waals surface area contributed by atoms with Crippen molar-refractivity contribution in [2.45, 2.75) is 6.92 Å². The predicted octanol–water partition coefficient (Wildman–Crippen LogP) is 4.16. The summed E-state index contributed by atoms with van der Waals surface area (Å²) in [7, 11) is 3.00. The Hall–Kier alpha value is -3.13. The van der Waals surface area contributed by atoms with Crippen LogP contribution >= 0.6 is 11.3 Å². The molecule has 28 heavy (non-hydrogen) atoms. The van der Waals surface area contributed by atoms with Gasteiger partial charge in [-0.3, -0.25) is 4.79 Å². The van der Waals surface area contributed by atoms with Crippen molar-refractivity contribution < 1.29 is 28.2 Å². The van der Waals surface area contributed by atoms with Crippen molar-refractivity contribution in [1.29, 1.82) is 0 Å². The van der Waals surface area contributed by atoms with Crippen LogP contribution in [0.2, 0.25) is 0 Å². The fourth-order valence-electron chi connectivity index (χ4n) is 2.76. The molecule has 1 heterocycles. The average molecular weight is 403 g/mol. The summed E-state index contributed by atoms with van der Waals surface area (Å²) in [5, 5.41) is 3.01. The van der Waals surface area contributed by atoms with Gasteiger partial charge in [-0.2, -0.15) is 0 Å². The Morgan fingerprint density at radius 1 is 1.11 bits per heavy atom. The van der Waals surface area contributed by atoms with Gasteiger partial charge in [-0.15, -0.1) is 11.3 Å². The Balaban J connectivity index is 1.66. The van der Waals surface area contributed by atoms with Gasteiger partial charge in [-0.25, -0.2) is 9.18 Å². The first-order valence-electron chi connectivity index (χ1n) is 8.31. The molecule has 0 bridgehead atoms. The van der Waals surface area contributed by atoms with Crippen LogP contribution in [0.5, 0.6) is 11.5 Å². The SMILES string of the molecule is COc1ccc(NC(=O)COC(=O)c2sc3cccc(F)c3c2C)cc1OC. The van der Waals surface area contributed by atoms with Gasteiger partial charge in [0.2, 0.25) is 0 Å². The Labute approximate surface area is 164 Å². The molecule has 0 aliphatic rings. The van der Waals surface area contributed by atoms with E-state index in [2.05, 4.69) is 5.32 Å². The van der Waals surface area contributed by atoms with E-state index in [9.17, 15) is 14.0 Å². The van der Waals surface area contributed by atoms with Gasteiger partial charge in [0.15, 0.2) is 18.1 Å². The molecule has 1 amide bonds. The largest absolute Gasteiger partial charge is 0.493 e. The van der Waals surface area contributed by atoms with Gasteiger partial charge in [-0.05, 0) is 36.8 Å². The van der Waals surface area contributed by atoms with E-state index in [0.29, 0.717) is 32.8 Å². The second kappa shape index (κ2) is 8.26. The van der Waals surface area contributed by atoms with Crippen LogP contribution in [0.1, 0.15) is 15.2 Å². The highest BCUT2D eigenvalue weighted by molar-refractivity contribution is 7.21. The molecular formula is C20H18FNO5S. The number of ether oxygens (including phenoxy) is 3. The first-order valence-corrected chi connectivity index (χ1v) is 9.13. The number of carbonyl (C=O) groups excluding carboxylic acids is 2. The maximum atomic E-state index is 14.0. The molecule has 0 atom stereocenters. The number of methoxy groups -OCH3 is 2. The Bertz CT molecular complexity index is 1050. The number of carbonyl (C=O) groups is 2. The zero-order valence-electron chi connectivity index (χ0n) is 15.5. The molecule has 0 aliphatic carbocycles. The van der Waals surface area contributed by atoms with Gasteiger partial charge in [0.25, 0.3) is 5.91 Å². The minimum absolute atomic E-state index is 0.277. The van der Waals surface area contributed by atoms with Gasteiger partial charge in [0.05, 0.1) is 14.2 Å². The van der Waals surface area contributed by atoms with Crippen LogP contribution in [0.25, 0.3) is 10.1 Å². The summed E-state index contributed by atoms with van der Waals surface area (Å²) in [5.41, 5.74) is 0.974. The molecule has 146 valence electrons. The number of esters is 1. The number of rotatable bonds is 6. The van der Waals surface area contributed by atoms with Crippen molar-refractivity contribution in [3.05, 3.63) is 52.7 Å². The van der Waals surface area contributed by atoms with E-state index < -0.39 is 24.3 Å². The number of fused-ring (bicyclic) bond motifs is 1. The third-order valence-corrected chi connectivity index (χ3v) is 5.33. The highest BCUT2D eigenvalue weighted by Crippen LogP contribution is 2.33. The highest BCUT2D eigenvalue weighted by atomic mass is 32.1. The molecule has 8 heteroatoms. The Morgan fingerprint density at radius 2 is 1.86 bits per heavy atom. The van der Waals surface area contributed by atoms with Crippen molar-refractivity contribution in [3.63, 3.8) is 0 Å². The lowest BCUT2D eigenvalue weighted by atomic mass is 10.1. The summed E-state index contributed by atoms with van der Waals surface area (Å²) in [4.78, 5) is 24.7. The molecule has 0 radical (unpaired) electrons. The standard InChI is InChI=1S/C20H18FNO5S/c1-11-18-13(21)5-4-6-16(18)28-19(11)20(24)27-10-17(23)22-12-7-8-14(25-2)15(9-12)26-3/h4-9H,10H2,1-3H3,(H,22,23). The van der Waals surface area contributed by atoms with E-state index in [1.807, 2.05) is 0 Å². The van der Waals surface area contributed by atoms with E-state index >= 15 is 0 Å². The molecule has 0 aliphatic heterocycles. The number of thiophene rings is 1. The summed E-state index contributed by atoms with van der Waals surface area (Å²) in [5.74, 6) is -0.581. The number of benzene rings is 2. The molecule has 3 rings (SSSR count). The maximum Gasteiger partial charge on any atom is 0.349 e. The first kappa shape index (κ1) is 19.6. The predicted molar refractivity (Wildman–Crippen MR) is 105 cm³/mol. The third-order valence-electron chi connectivity index (χ3n) is 4.09. The fourth-order valence-corrected chi connectivity index (χ4v) is 3.87. The number of halogens is 1. The molecule has 2 aromatic carbocycles. The zero-order valence-corrected chi connectivity index (χ0v) is 16.3. The van der Waals surface area contributed by atoms with Gasteiger partial charge < -0.3 is 19.5 Å². The monoisotopic (exact) mass is 403 g/mol. The third kappa shape index (κ3) is 3.91. The quantitative estimate of drug-likeness (QED) is 0.626. The molecule has 1 aromatic heterocycles. The van der Waals surface area contributed by atoms with E-state index in [-0.39, 0.29) is 4.88 Å². The molecular weight excluding hydrogens is 385 g/mol. The molecule has 6 nitrogen and oxygen atoms in total. The van der Waals surface area contributed by atoms with Gasteiger partial charge >= 0.3 is 5.97 Å². The minimum Gasteiger partial charge on any atom is -0.493 e. The van der Waals surface area contributed by atoms with Crippen LogP contribution in [-0.4, -0.2) is 32.7 Å². The van der Waals surface area contributed by atoms with E-state index in [0.717, 1.165) is 11.3 Å². The summed E-state index contributed by atoms with van der Waals surface area (Å²) >= 11 is 1.13. The van der Waals surface area contributed by atoms with Crippen molar-refractivity contribution in [1.82, 2.24) is 0 Å². The van der Waals surface area contributed by atoms with Crippen molar-refractivity contribution in [2.24, 2.45) is 0 Å². The van der Waals surface area contributed by atoms with E-state index in [1.165, 1.54) is 20.3 Å². The highest BCUT2D eigenvalue weighted by Gasteiger charge is 2.20. The van der Waals surface area contributed by atoms with Crippen LogP contribution in [0, 0.1) is 12.7 Å².